The van der Waals surface area contributed by atoms with Crippen LogP contribution in [0.3, 0.4) is 0 Å². The first-order chi connectivity index (χ1) is 47.8. The molecule has 5 aromatic heterocycles. The van der Waals surface area contributed by atoms with Crippen LogP contribution in [0.4, 0.5) is 5.69 Å². The third-order valence-electron chi connectivity index (χ3n) is 15.7. The second kappa shape index (κ2) is 19.2. The van der Waals surface area contributed by atoms with Crippen molar-refractivity contribution in [2.75, 3.05) is 0 Å². The summed E-state index contributed by atoms with van der Waals surface area (Å²) in [5, 5.41) is 6.96. The van der Waals surface area contributed by atoms with Crippen molar-refractivity contribution in [3.63, 3.8) is 0 Å². The van der Waals surface area contributed by atoms with Gasteiger partial charge in [-0.25, -0.2) is 19.8 Å². The minimum atomic E-state index is -0.749. The average molecular weight is 1120 g/mol. The molecule has 17 rings (SSSR count). The number of benzene rings is 12. The zero-order valence-corrected chi connectivity index (χ0v) is 45.4. The number of rotatable bonds is 8. The van der Waals surface area contributed by atoms with Crippen LogP contribution in [0.5, 0.6) is 0 Å². The number of fused-ring (bicyclic) bond motifs is 14. The molecule has 0 aliphatic rings. The van der Waals surface area contributed by atoms with Gasteiger partial charge in [-0.05, 0) is 82.4 Å². The maximum absolute atomic E-state index is 10.0. The molecule has 12 aromatic carbocycles. The molecular weight excluding hydrogens is 1060 g/mol. The van der Waals surface area contributed by atoms with Gasteiger partial charge in [-0.15, -0.1) is 22.7 Å². The number of aromatic nitrogens is 5. The van der Waals surface area contributed by atoms with Crippen LogP contribution in [-0.4, -0.2) is 24.1 Å². The van der Waals surface area contributed by atoms with Gasteiger partial charge in [0, 0.05) is 84.1 Å². The summed E-state index contributed by atoms with van der Waals surface area (Å²) in [5.41, 5.74) is 4.18. The zero-order valence-electron chi connectivity index (χ0n) is 58.7. The topological polar surface area (TPSA) is 52.9 Å². The molecule has 8 heteroatoms. The Morgan fingerprint density at radius 2 is 0.786 bits per heavy atom. The summed E-state index contributed by atoms with van der Waals surface area (Å²) in [6.45, 7) is 9.47. The van der Waals surface area contributed by atoms with Gasteiger partial charge < -0.3 is 9.13 Å². The number of thiophene rings is 2. The normalized spacial score (nSPS) is 14.3. The van der Waals surface area contributed by atoms with E-state index in [1.165, 1.54) is 6.07 Å². The Morgan fingerprint density at radius 1 is 0.357 bits per heavy atom. The third kappa shape index (κ3) is 7.43. The first-order valence-electron chi connectivity index (χ1n) is 34.3. The molecule has 0 amide bonds. The Balaban J connectivity index is 1.16. The Kier molecular flexibility index (Phi) is 8.01. The van der Waals surface area contributed by atoms with E-state index in [4.69, 9.17) is 24.5 Å². The van der Waals surface area contributed by atoms with Crippen LogP contribution < -0.4 is 0 Å². The minimum absolute atomic E-state index is 0.0435. The summed E-state index contributed by atoms with van der Waals surface area (Å²) in [6, 6.07) is 46.8. The standard InChI is InChI=1S/C76H44N6S2/c1-77-60-45-59(76-79-74(49-27-13-5-14-28-49)78-75(80-76)50-29-15-6-16-30-50)70(81-61-39-35-51(46-21-7-2-8-22-46)43-57(61)68-63(81)41-37-55-53-31-17-19-33-65(53)83-72(55)68)71(67(60)48-25-11-4-12-26-48)82-62-40-36-52(47-23-9-3-10-24-47)44-58(62)69-64(82)42-38-56-54-32-18-20-34-66(54)84-73(56)69/h2-45H/i4D,5D,6D,11D,12D,13D,14D,15D,16D,25D,26D,27D,28D,29D,30D. The predicted molar refractivity (Wildman–Crippen MR) is 353 cm³/mol. The van der Waals surface area contributed by atoms with E-state index in [9.17, 15) is 17.5 Å². The summed E-state index contributed by atoms with van der Waals surface area (Å²) in [5.74, 6) is -1.52. The van der Waals surface area contributed by atoms with Crippen LogP contribution in [0, 0.1) is 6.57 Å². The van der Waals surface area contributed by atoms with E-state index in [2.05, 4.69) is 41.2 Å². The van der Waals surface area contributed by atoms with Crippen LogP contribution in [0.25, 0.3) is 168 Å². The lowest BCUT2D eigenvalue weighted by atomic mass is 9.95. The van der Waals surface area contributed by atoms with Crippen LogP contribution in [0.1, 0.15) is 20.6 Å². The Morgan fingerprint density at radius 3 is 1.27 bits per heavy atom. The van der Waals surface area contributed by atoms with E-state index in [1.807, 2.05) is 143 Å². The maximum atomic E-state index is 10.0. The van der Waals surface area contributed by atoms with Gasteiger partial charge in [-0.2, -0.15) is 0 Å². The van der Waals surface area contributed by atoms with Crippen molar-refractivity contribution in [1.29, 1.82) is 0 Å². The number of hydrogen-bond donors (Lipinski definition) is 0. The van der Waals surface area contributed by atoms with Gasteiger partial charge in [0.25, 0.3) is 0 Å². The predicted octanol–water partition coefficient (Wildman–Crippen LogP) is 21.4. The number of hydrogen-bond acceptors (Lipinski definition) is 5. The van der Waals surface area contributed by atoms with Crippen molar-refractivity contribution in [2.45, 2.75) is 0 Å². The van der Waals surface area contributed by atoms with Gasteiger partial charge >= 0.3 is 0 Å². The Bertz CT molecular complexity index is 6340. The van der Waals surface area contributed by atoms with E-state index >= 15 is 0 Å². The quantitative estimate of drug-likeness (QED) is 0.143. The highest BCUT2D eigenvalue weighted by Gasteiger charge is 2.31. The molecule has 17 aromatic rings. The summed E-state index contributed by atoms with van der Waals surface area (Å²) in [6.07, 6.45) is 0. The Labute approximate surface area is 511 Å². The molecule has 0 fully saturated rings. The highest BCUT2D eigenvalue weighted by atomic mass is 32.1. The highest BCUT2D eigenvalue weighted by Crippen LogP contribution is 2.53. The second-order valence-electron chi connectivity index (χ2n) is 20.2. The van der Waals surface area contributed by atoms with Crippen LogP contribution >= 0.6 is 22.7 Å². The molecule has 0 aliphatic heterocycles. The van der Waals surface area contributed by atoms with Gasteiger partial charge in [0.2, 0.25) is 0 Å². The lowest BCUT2D eigenvalue weighted by Gasteiger charge is -2.25. The smallest absolute Gasteiger partial charge is 0.197 e. The largest absolute Gasteiger partial charge is 0.308 e. The van der Waals surface area contributed by atoms with Gasteiger partial charge in [0.1, 0.15) is 0 Å². The maximum Gasteiger partial charge on any atom is 0.197 e. The lowest BCUT2D eigenvalue weighted by Crippen LogP contribution is -2.10. The van der Waals surface area contributed by atoms with Crippen molar-refractivity contribution >= 4 is 112 Å². The summed E-state index contributed by atoms with van der Waals surface area (Å²) in [7, 11) is 0. The van der Waals surface area contributed by atoms with Crippen molar-refractivity contribution in [3.05, 3.63) is 278 Å². The summed E-state index contributed by atoms with van der Waals surface area (Å²) in [4.78, 5) is 19.2. The van der Waals surface area contributed by atoms with Crippen molar-refractivity contribution < 1.29 is 20.6 Å². The number of nitrogens with zero attached hydrogens (tertiary/aromatic N) is 6. The van der Waals surface area contributed by atoms with Crippen molar-refractivity contribution in [1.82, 2.24) is 24.1 Å². The van der Waals surface area contributed by atoms with E-state index in [1.54, 1.807) is 22.7 Å². The molecule has 5 heterocycles. The first-order valence-corrected chi connectivity index (χ1v) is 28.4. The summed E-state index contributed by atoms with van der Waals surface area (Å²) >= 11 is 3.18. The van der Waals surface area contributed by atoms with Crippen LogP contribution in [0.2, 0.25) is 0 Å². The van der Waals surface area contributed by atoms with Gasteiger partial charge in [-0.1, -0.05) is 212 Å². The average Bonchev–Trinajstić information content (AvgIpc) is 1.58. The first kappa shape index (κ1) is 35.1. The van der Waals surface area contributed by atoms with Gasteiger partial charge in [0.05, 0.1) is 60.6 Å². The molecule has 6 nitrogen and oxygen atoms in total. The van der Waals surface area contributed by atoms with Gasteiger partial charge in [-0.3, -0.25) is 0 Å². The molecule has 0 atom stereocenters. The molecule has 0 aliphatic carbocycles. The molecule has 0 bridgehead atoms. The van der Waals surface area contributed by atoms with E-state index < -0.39 is 113 Å². The molecule has 0 saturated heterocycles. The molecule has 390 valence electrons. The Hall–Kier alpha value is -10.8. The lowest BCUT2D eigenvalue weighted by molar-refractivity contribution is 1.05. The molecule has 0 unspecified atom stereocenters. The fourth-order valence-corrected chi connectivity index (χ4v) is 14.6. The minimum Gasteiger partial charge on any atom is -0.308 e. The molecule has 0 N–H and O–H groups in total. The monoisotopic (exact) mass is 1120 g/mol. The molecule has 0 saturated carbocycles. The molecular formula is C76H44N6S2. The third-order valence-corrected chi connectivity index (χ3v) is 18.1. The SMILES string of the molecule is [2H]c1c([2H])c([2H])c(-c2nc(-c3cc([N+]#[C-])c(-c4c([2H])c([2H])c([2H])c([2H])c4[2H])c(-n4c5ccc(-c6ccccc6)cc5c5c6sc7ccccc7c6ccc54)c3-n3c4ccc(-c5ccccc5)cc4c4c5sc6ccccc6c5ccc43)nc(-c3c([2H])c([2H])c([2H])c([2H])c3[2H])n2)c([2H])c1[2H]. The zero-order chi connectivity index (χ0) is 68.5. The molecule has 84 heavy (non-hydrogen) atoms. The molecule has 0 spiro atoms. The van der Waals surface area contributed by atoms with E-state index in [-0.39, 0.29) is 39.6 Å². The fourth-order valence-electron chi connectivity index (χ4n) is 12.1. The molecule has 0 radical (unpaired) electrons. The van der Waals surface area contributed by atoms with E-state index in [0.717, 1.165) is 84.1 Å². The van der Waals surface area contributed by atoms with Crippen molar-refractivity contribution in [2.24, 2.45) is 0 Å². The van der Waals surface area contributed by atoms with Crippen molar-refractivity contribution in [3.8, 4) is 78.9 Å². The second-order valence-corrected chi connectivity index (χ2v) is 22.3. The highest BCUT2D eigenvalue weighted by molar-refractivity contribution is 7.27. The van der Waals surface area contributed by atoms with Crippen LogP contribution in [-0.2, 0) is 0 Å². The fraction of sp³-hybridized carbons (Fsp3) is 0. The summed E-state index contributed by atoms with van der Waals surface area (Å²) < 4.78 is 146. The van der Waals surface area contributed by atoms with E-state index in [0.29, 0.717) is 22.1 Å². The van der Waals surface area contributed by atoms with Gasteiger partial charge in [0.15, 0.2) is 23.2 Å². The van der Waals surface area contributed by atoms with Crippen LogP contribution in [0.15, 0.2) is 267 Å².